The van der Waals surface area contributed by atoms with E-state index in [4.69, 9.17) is 4.74 Å². The van der Waals surface area contributed by atoms with Gasteiger partial charge in [-0.15, -0.1) is 0 Å². The zero-order chi connectivity index (χ0) is 21.3. The Morgan fingerprint density at radius 2 is 1.79 bits per heavy atom. The molecule has 0 radical (unpaired) electrons. The first-order chi connectivity index (χ1) is 13.5. The highest BCUT2D eigenvalue weighted by atomic mass is 32.2. The Bertz CT molecular complexity index is 966. The summed E-state index contributed by atoms with van der Waals surface area (Å²) in [7, 11) is -3.43. The average Bonchev–Trinajstić information content (AvgIpc) is 3.07. The molecule has 2 aromatic rings. The number of sulfone groups is 1. The molecule has 0 atom stereocenters. The molecular weight excluding hydrogens is 407 g/mol. The lowest BCUT2D eigenvalue weighted by Gasteiger charge is -2.22. The van der Waals surface area contributed by atoms with Crippen molar-refractivity contribution in [2.24, 2.45) is 0 Å². The number of ether oxygens (including phenoxy) is 1. The fraction of sp³-hybridized carbons (Fsp3) is 0.450. The van der Waals surface area contributed by atoms with Gasteiger partial charge in [-0.2, -0.15) is 13.2 Å². The van der Waals surface area contributed by atoms with E-state index in [-0.39, 0.29) is 22.9 Å². The Balaban J connectivity index is 1.89. The fourth-order valence-electron chi connectivity index (χ4n) is 3.43. The minimum absolute atomic E-state index is 0.00621. The van der Waals surface area contributed by atoms with Gasteiger partial charge in [-0.1, -0.05) is 25.0 Å². The lowest BCUT2D eigenvalue weighted by Crippen LogP contribution is -2.26. The molecule has 0 unspecified atom stereocenters. The minimum atomic E-state index is -4.58. The molecule has 9 heteroatoms. The summed E-state index contributed by atoms with van der Waals surface area (Å²) >= 11 is 0. The van der Waals surface area contributed by atoms with Crippen molar-refractivity contribution in [3.8, 4) is 17.0 Å². The molecule has 5 nitrogen and oxygen atoms in total. The van der Waals surface area contributed by atoms with E-state index in [0.29, 0.717) is 31.0 Å². The molecule has 1 aromatic carbocycles. The molecule has 0 aliphatic heterocycles. The number of hydrogen-bond donors (Lipinski definition) is 1. The number of nitrogens with zero attached hydrogens (tertiary/aromatic N) is 1. The van der Waals surface area contributed by atoms with Gasteiger partial charge in [-0.3, -0.25) is 0 Å². The van der Waals surface area contributed by atoms with Gasteiger partial charge in [0.1, 0.15) is 0 Å². The third kappa shape index (κ3) is 5.27. The molecular formula is C20H22F3NO4S. The molecule has 0 saturated heterocycles. The molecule has 29 heavy (non-hydrogen) atoms. The number of hydrogen-bond acceptors (Lipinski definition) is 5. The van der Waals surface area contributed by atoms with Gasteiger partial charge in [-0.05, 0) is 36.6 Å². The van der Waals surface area contributed by atoms with Gasteiger partial charge < -0.3 is 9.84 Å². The SMILES string of the molecule is CS(=O)(=O)c1ccc(-c2cc(C(F)(F)F)cnc2OCCC2(O)CCCC2)cc1. The Morgan fingerprint density at radius 1 is 1.17 bits per heavy atom. The Morgan fingerprint density at radius 3 is 2.34 bits per heavy atom. The normalized spacial score (nSPS) is 16.7. The Kier molecular flexibility index (Phi) is 5.91. The number of alkyl halides is 3. The molecule has 1 fully saturated rings. The van der Waals surface area contributed by atoms with Crippen LogP contribution in [0, 0.1) is 0 Å². The minimum Gasteiger partial charge on any atom is -0.477 e. The number of aliphatic hydroxyl groups is 1. The van der Waals surface area contributed by atoms with Crippen molar-refractivity contribution in [3.05, 3.63) is 42.1 Å². The highest BCUT2D eigenvalue weighted by molar-refractivity contribution is 7.90. The van der Waals surface area contributed by atoms with Gasteiger partial charge in [0.25, 0.3) is 0 Å². The van der Waals surface area contributed by atoms with E-state index in [9.17, 15) is 26.7 Å². The van der Waals surface area contributed by atoms with E-state index >= 15 is 0 Å². The molecule has 1 saturated carbocycles. The Hall–Kier alpha value is -2.13. The monoisotopic (exact) mass is 429 g/mol. The van der Waals surface area contributed by atoms with Crippen LogP contribution in [0.5, 0.6) is 5.88 Å². The summed E-state index contributed by atoms with van der Waals surface area (Å²) < 4.78 is 68.3. The Labute approximate surface area is 167 Å². The summed E-state index contributed by atoms with van der Waals surface area (Å²) in [6, 6.07) is 6.43. The number of benzene rings is 1. The zero-order valence-electron chi connectivity index (χ0n) is 15.9. The second-order valence-electron chi connectivity index (χ2n) is 7.40. The molecule has 0 amide bonds. The topological polar surface area (TPSA) is 76.5 Å². The van der Waals surface area contributed by atoms with Crippen molar-refractivity contribution in [3.63, 3.8) is 0 Å². The number of halogens is 3. The number of rotatable bonds is 6. The van der Waals surface area contributed by atoms with Crippen molar-refractivity contribution in [2.75, 3.05) is 12.9 Å². The van der Waals surface area contributed by atoms with Crippen LogP contribution in [0.2, 0.25) is 0 Å². The van der Waals surface area contributed by atoms with Crippen LogP contribution in [0.3, 0.4) is 0 Å². The van der Waals surface area contributed by atoms with E-state index < -0.39 is 27.2 Å². The van der Waals surface area contributed by atoms with Crippen molar-refractivity contribution >= 4 is 9.84 Å². The third-order valence-electron chi connectivity index (χ3n) is 5.11. The molecule has 1 aliphatic rings. The lowest BCUT2D eigenvalue weighted by molar-refractivity contribution is -0.137. The molecule has 158 valence electrons. The van der Waals surface area contributed by atoms with Gasteiger partial charge in [-0.25, -0.2) is 13.4 Å². The van der Waals surface area contributed by atoms with Crippen LogP contribution < -0.4 is 4.74 Å². The fourth-order valence-corrected chi connectivity index (χ4v) is 4.06. The van der Waals surface area contributed by atoms with Gasteiger partial charge in [0, 0.05) is 24.4 Å². The maximum Gasteiger partial charge on any atom is 0.417 e. The van der Waals surface area contributed by atoms with Crippen LogP contribution in [0.4, 0.5) is 13.2 Å². The quantitative estimate of drug-likeness (QED) is 0.743. The first-order valence-electron chi connectivity index (χ1n) is 9.21. The van der Waals surface area contributed by atoms with Crippen LogP contribution in [0.15, 0.2) is 41.4 Å². The first kappa shape index (κ1) is 21.6. The van der Waals surface area contributed by atoms with Crippen molar-refractivity contribution in [2.45, 2.75) is 48.8 Å². The molecule has 1 heterocycles. The van der Waals surface area contributed by atoms with E-state index in [1.807, 2.05) is 0 Å². The average molecular weight is 429 g/mol. The van der Waals surface area contributed by atoms with E-state index in [2.05, 4.69) is 4.98 Å². The predicted octanol–water partition coefficient (Wildman–Crippen LogP) is 4.24. The van der Waals surface area contributed by atoms with Crippen molar-refractivity contribution in [1.29, 1.82) is 0 Å². The van der Waals surface area contributed by atoms with Crippen LogP contribution in [-0.2, 0) is 16.0 Å². The molecule has 0 bridgehead atoms. The largest absolute Gasteiger partial charge is 0.477 e. The van der Waals surface area contributed by atoms with Gasteiger partial charge in [0.2, 0.25) is 5.88 Å². The van der Waals surface area contributed by atoms with Crippen LogP contribution in [0.1, 0.15) is 37.7 Å². The first-order valence-corrected chi connectivity index (χ1v) is 11.1. The maximum absolute atomic E-state index is 13.1. The van der Waals surface area contributed by atoms with Crippen LogP contribution >= 0.6 is 0 Å². The van der Waals surface area contributed by atoms with Crippen molar-refractivity contribution < 1.29 is 31.4 Å². The molecule has 1 N–H and O–H groups in total. The third-order valence-corrected chi connectivity index (χ3v) is 6.24. The number of aromatic nitrogens is 1. The summed E-state index contributed by atoms with van der Waals surface area (Å²) in [5.74, 6) is 0.00621. The molecule has 3 rings (SSSR count). The second-order valence-corrected chi connectivity index (χ2v) is 9.42. The summed E-state index contributed by atoms with van der Waals surface area (Å²) in [6.45, 7) is 0.114. The van der Waals surface area contributed by atoms with Gasteiger partial charge in [0.05, 0.1) is 22.7 Å². The molecule has 1 aliphatic carbocycles. The number of pyridine rings is 1. The second kappa shape index (κ2) is 7.95. The summed E-state index contributed by atoms with van der Waals surface area (Å²) in [4.78, 5) is 3.90. The van der Waals surface area contributed by atoms with Crippen LogP contribution in [-0.4, -0.2) is 37.0 Å². The summed E-state index contributed by atoms with van der Waals surface area (Å²) in [6.07, 6.45) is 0.769. The molecule has 0 spiro atoms. The highest BCUT2D eigenvalue weighted by Crippen LogP contribution is 2.37. The smallest absolute Gasteiger partial charge is 0.417 e. The zero-order valence-corrected chi connectivity index (χ0v) is 16.7. The van der Waals surface area contributed by atoms with Crippen molar-refractivity contribution in [1.82, 2.24) is 4.98 Å². The van der Waals surface area contributed by atoms with Gasteiger partial charge in [0.15, 0.2) is 9.84 Å². The summed E-state index contributed by atoms with van der Waals surface area (Å²) in [5.41, 5.74) is -1.27. The van der Waals surface area contributed by atoms with E-state index in [1.165, 1.54) is 24.3 Å². The summed E-state index contributed by atoms with van der Waals surface area (Å²) in [5, 5.41) is 10.4. The van der Waals surface area contributed by atoms with E-state index in [0.717, 1.165) is 25.2 Å². The van der Waals surface area contributed by atoms with Crippen LogP contribution in [0.25, 0.3) is 11.1 Å². The van der Waals surface area contributed by atoms with E-state index in [1.54, 1.807) is 0 Å². The standard InChI is InChI=1S/C20H22F3NO4S/c1-29(26,27)16-6-4-14(5-7-16)17-12-15(20(21,22)23)13-24-18(17)28-11-10-19(25)8-2-3-9-19/h4-7,12-13,25H,2-3,8-11H2,1H3. The maximum atomic E-state index is 13.1. The van der Waals surface area contributed by atoms with Gasteiger partial charge >= 0.3 is 6.18 Å². The molecule has 1 aromatic heterocycles. The predicted molar refractivity (Wildman–Crippen MR) is 101 cm³/mol. The lowest BCUT2D eigenvalue weighted by atomic mass is 9.99. The highest BCUT2D eigenvalue weighted by Gasteiger charge is 2.33.